The molecule has 6 rings (SSSR count). The number of hydrogen-bond acceptors (Lipinski definition) is 7. The first kappa shape index (κ1) is 29.3. The van der Waals surface area contributed by atoms with Gasteiger partial charge in [0.15, 0.2) is 0 Å². The van der Waals surface area contributed by atoms with E-state index in [2.05, 4.69) is 20.9 Å². The number of nitrogens with zero attached hydrogens (tertiary/aromatic N) is 4. The Morgan fingerprint density at radius 2 is 1.77 bits per heavy atom. The number of carbonyl (C=O) groups excluding carboxylic acids is 3. The standard InChI is InChI=1S/C32H40N6O5/c1-21-18-32-26(25(31(21,2)43-32)28(40)33-19-22-12-6-5-7-13-22)30(42)37(16-10-3-4-11-17-39)27(32)29(41)34-20-38-24-15-9-8-14-23(24)35-36-38/h5-9,12-15,21,25-27,39H,3-4,10-11,16-20H2,1-2H3,(H,33,40)(H,34,41)/t21?,25-,26+,27?,31+,32?/m1/s1. The lowest BCUT2D eigenvalue weighted by Gasteiger charge is -2.36. The van der Waals surface area contributed by atoms with Gasteiger partial charge in [0.1, 0.15) is 23.8 Å². The van der Waals surface area contributed by atoms with Gasteiger partial charge in [0.05, 0.1) is 23.0 Å². The van der Waals surface area contributed by atoms with Crippen LogP contribution in [0.1, 0.15) is 51.5 Å². The molecule has 3 N–H and O–H groups in total. The predicted octanol–water partition coefficient (Wildman–Crippen LogP) is 2.38. The van der Waals surface area contributed by atoms with Gasteiger partial charge < -0.3 is 25.4 Å². The van der Waals surface area contributed by atoms with Crippen LogP contribution in [0.4, 0.5) is 0 Å². The van der Waals surface area contributed by atoms with Gasteiger partial charge in [0, 0.05) is 19.7 Å². The van der Waals surface area contributed by atoms with Crippen LogP contribution in [-0.2, 0) is 32.3 Å². The topological polar surface area (TPSA) is 139 Å². The molecule has 228 valence electrons. The molecule has 2 bridgehead atoms. The summed E-state index contributed by atoms with van der Waals surface area (Å²) in [7, 11) is 0. The summed E-state index contributed by atoms with van der Waals surface area (Å²) in [5.74, 6) is -2.28. The SMILES string of the molecule is CC1CC23O[C@]1(C)[C@@H](C(=O)NCc1ccccc1)[C@H]2C(=O)N(CCCCCCO)C3C(=O)NCn1nnc2ccccc21. The van der Waals surface area contributed by atoms with E-state index in [4.69, 9.17) is 4.74 Å². The number of carbonyl (C=O) groups is 3. The molecule has 3 aliphatic heterocycles. The molecule has 3 aliphatic rings. The first-order valence-electron chi connectivity index (χ1n) is 15.3. The van der Waals surface area contributed by atoms with Crippen LogP contribution in [0, 0.1) is 17.8 Å². The minimum atomic E-state index is -1.11. The van der Waals surface area contributed by atoms with Gasteiger partial charge in [0.2, 0.25) is 17.7 Å². The molecule has 4 heterocycles. The highest BCUT2D eigenvalue weighted by Crippen LogP contribution is 2.65. The lowest BCUT2D eigenvalue weighted by Crippen LogP contribution is -2.56. The summed E-state index contributed by atoms with van der Waals surface area (Å²) in [5.41, 5.74) is 0.485. The maximum absolute atomic E-state index is 14.3. The van der Waals surface area contributed by atoms with E-state index in [0.717, 1.165) is 29.4 Å². The Kier molecular flexibility index (Phi) is 7.95. The molecule has 3 amide bonds. The molecule has 3 saturated heterocycles. The van der Waals surface area contributed by atoms with Gasteiger partial charge in [-0.05, 0) is 49.8 Å². The molecule has 3 fully saturated rings. The van der Waals surface area contributed by atoms with Gasteiger partial charge in [-0.15, -0.1) is 5.10 Å². The van der Waals surface area contributed by atoms with E-state index in [1.165, 1.54) is 0 Å². The Bertz CT molecular complexity index is 1500. The quantitative estimate of drug-likeness (QED) is 0.276. The number of nitrogens with one attached hydrogen (secondary N) is 2. The third kappa shape index (κ3) is 4.98. The summed E-state index contributed by atoms with van der Waals surface area (Å²) >= 11 is 0. The first-order valence-corrected chi connectivity index (χ1v) is 15.3. The summed E-state index contributed by atoms with van der Waals surface area (Å²) < 4.78 is 8.42. The number of para-hydroxylation sites is 1. The number of aromatic nitrogens is 3. The molecular weight excluding hydrogens is 548 g/mol. The number of fused-ring (bicyclic) bond motifs is 2. The number of benzene rings is 2. The molecular formula is C32H40N6O5. The molecule has 11 nitrogen and oxygen atoms in total. The highest BCUT2D eigenvalue weighted by atomic mass is 16.5. The first-order chi connectivity index (χ1) is 20.8. The normalized spacial score (nSPS) is 29.3. The van der Waals surface area contributed by atoms with Crippen LogP contribution >= 0.6 is 0 Å². The van der Waals surface area contributed by atoms with Crippen LogP contribution in [-0.4, -0.2) is 73.1 Å². The summed E-state index contributed by atoms with van der Waals surface area (Å²) in [6.07, 6.45) is 3.53. The number of ether oxygens (including phenoxy) is 1. The van der Waals surface area contributed by atoms with E-state index in [1.807, 2.05) is 68.4 Å². The Balaban J connectivity index is 1.27. The van der Waals surface area contributed by atoms with Gasteiger partial charge >= 0.3 is 0 Å². The van der Waals surface area contributed by atoms with E-state index in [-0.39, 0.29) is 36.9 Å². The third-order valence-corrected chi connectivity index (χ3v) is 9.79. The maximum Gasteiger partial charge on any atom is 0.247 e. The van der Waals surface area contributed by atoms with E-state index >= 15 is 0 Å². The molecule has 0 saturated carbocycles. The van der Waals surface area contributed by atoms with E-state index in [1.54, 1.807) is 9.58 Å². The Morgan fingerprint density at radius 3 is 2.56 bits per heavy atom. The van der Waals surface area contributed by atoms with Crippen LogP contribution in [0.25, 0.3) is 11.0 Å². The highest BCUT2D eigenvalue weighted by Gasteiger charge is 2.79. The predicted molar refractivity (Wildman–Crippen MR) is 158 cm³/mol. The fraction of sp³-hybridized carbons (Fsp3) is 0.531. The second-order valence-electron chi connectivity index (χ2n) is 12.4. The van der Waals surface area contributed by atoms with Crippen molar-refractivity contribution < 1.29 is 24.2 Å². The molecule has 3 aromatic rings. The summed E-state index contributed by atoms with van der Waals surface area (Å²) in [4.78, 5) is 43.9. The van der Waals surface area contributed by atoms with Crippen LogP contribution in [0.3, 0.4) is 0 Å². The van der Waals surface area contributed by atoms with Crippen LogP contribution in [0.2, 0.25) is 0 Å². The molecule has 2 aromatic carbocycles. The molecule has 0 aliphatic carbocycles. The van der Waals surface area contributed by atoms with E-state index < -0.39 is 29.1 Å². The van der Waals surface area contributed by atoms with Gasteiger partial charge in [-0.1, -0.05) is 67.4 Å². The van der Waals surface area contributed by atoms with E-state index in [9.17, 15) is 19.5 Å². The fourth-order valence-electron chi connectivity index (χ4n) is 7.61. The van der Waals surface area contributed by atoms with Crippen molar-refractivity contribution in [2.45, 2.75) is 76.4 Å². The lowest BCUT2D eigenvalue weighted by molar-refractivity contribution is -0.147. The second-order valence-corrected chi connectivity index (χ2v) is 12.4. The summed E-state index contributed by atoms with van der Waals surface area (Å²) in [6, 6.07) is 16.3. The van der Waals surface area contributed by atoms with Crippen molar-refractivity contribution in [3.8, 4) is 0 Å². The minimum Gasteiger partial charge on any atom is -0.396 e. The zero-order valence-corrected chi connectivity index (χ0v) is 24.7. The summed E-state index contributed by atoms with van der Waals surface area (Å²) in [6.45, 7) is 4.89. The van der Waals surface area contributed by atoms with Crippen molar-refractivity contribution in [3.05, 3.63) is 60.2 Å². The zero-order chi connectivity index (χ0) is 30.2. The number of amides is 3. The van der Waals surface area contributed by atoms with E-state index in [0.29, 0.717) is 32.4 Å². The number of unbranched alkanes of at least 4 members (excludes halogenated alkanes) is 3. The average molecular weight is 589 g/mol. The molecule has 1 spiro atoms. The Hall–Kier alpha value is -3.83. The molecule has 6 atom stereocenters. The number of aliphatic hydroxyl groups excluding tert-OH is 1. The van der Waals surface area contributed by atoms with Gasteiger partial charge in [0.25, 0.3) is 0 Å². The number of hydrogen-bond donors (Lipinski definition) is 3. The van der Waals surface area contributed by atoms with Crippen molar-refractivity contribution in [2.75, 3.05) is 13.2 Å². The van der Waals surface area contributed by atoms with Crippen LogP contribution in [0.5, 0.6) is 0 Å². The van der Waals surface area contributed by atoms with Gasteiger partial charge in [-0.3, -0.25) is 14.4 Å². The highest BCUT2D eigenvalue weighted by molar-refractivity contribution is 5.99. The summed E-state index contributed by atoms with van der Waals surface area (Å²) in [5, 5.41) is 23.6. The van der Waals surface area contributed by atoms with Crippen molar-refractivity contribution in [2.24, 2.45) is 17.8 Å². The molecule has 0 radical (unpaired) electrons. The van der Waals surface area contributed by atoms with Crippen molar-refractivity contribution in [3.63, 3.8) is 0 Å². The maximum atomic E-state index is 14.3. The van der Waals surface area contributed by atoms with Gasteiger partial charge in [-0.2, -0.15) is 0 Å². The zero-order valence-electron chi connectivity index (χ0n) is 24.7. The monoisotopic (exact) mass is 588 g/mol. The molecule has 11 heteroatoms. The number of likely N-dealkylation sites (tertiary alicyclic amines) is 1. The third-order valence-electron chi connectivity index (χ3n) is 9.79. The fourth-order valence-corrected chi connectivity index (χ4v) is 7.61. The molecule has 1 aromatic heterocycles. The van der Waals surface area contributed by atoms with Crippen molar-refractivity contribution >= 4 is 28.8 Å². The van der Waals surface area contributed by atoms with Crippen molar-refractivity contribution in [1.82, 2.24) is 30.5 Å². The van der Waals surface area contributed by atoms with Crippen molar-refractivity contribution in [1.29, 1.82) is 0 Å². The Morgan fingerprint density at radius 1 is 1.02 bits per heavy atom. The van der Waals surface area contributed by atoms with Crippen LogP contribution < -0.4 is 10.6 Å². The molecule has 43 heavy (non-hydrogen) atoms. The number of aliphatic hydroxyl groups is 1. The number of rotatable bonds is 12. The minimum absolute atomic E-state index is 0.0388. The molecule has 3 unspecified atom stereocenters. The largest absolute Gasteiger partial charge is 0.396 e. The average Bonchev–Trinajstić information content (AvgIpc) is 3.68. The van der Waals surface area contributed by atoms with Crippen LogP contribution in [0.15, 0.2) is 54.6 Å². The van der Waals surface area contributed by atoms with Gasteiger partial charge in [-0.25, -0.2) is 4.68 Å². The Labute approximate surface area is 250 Å². The second kappa shape index (κ2) is 11.7. The lowest BCUT2D eigenvalue weighted by atomic mass is 9.62. The smallest absolute Gasteiger partial charge is 0.247 e.